The molecule has 25 heavy (non-hydrogen) atoms. The normalized spacial score (nSPS) is 26.4. The average molecular weight is 372 g/mol. The van der Waals surface area contributed by atoms with Crippen molar-refractivity contribution in [1.29, 1.82) is 0 Å². The number of amides is 1. The maximum Gasteiger partial charge on any atom is 0.433 e. The van der Waals surface area contributed by atoms with E-state index in [0.717, 1.165) is 18.9 Å². The fourth-order valence-corrected chi connectivity index (χ4v) is 2.86. The topological polar surface area (TPSA) is 38.3 Å². The maximum atomic E-state index is 14.2. The molecule has 1 N–H and O–H groups in total. The molecule has 0 aromatic heterocycles. The van der Waals surface area contributed by atoms with Gasteiger partial charge in [-0.25, -0.2) is 0 Å². The minimum Gasteiger partial charge on any atom is -0.336 e. The second kappa shape index (κ2) is 6.22. The first kappa shape index (κ1) is 18.1. The van der Waals surface area contributed by atoms with Crippen LogP contribution < -0.4 is 5.32 Å². The number of alkyl halides is 3. The summed E-state index contributed by atoms with van der Waals surface area (Å²) in [6.07, 6.45) is -4.59. The molecule has 1 aliphatic carbocycles. The molecule has 1 aromatic rings. The van der Waals surface area contributed by atoms with Crippen molar-refractivity contribution in [1.82, 2.24) is 0 Å². The van der Waals surface area contributed by atoms with Crippen molar-refractivity contribution in [3.05, 3.63) is 28.8 Å². The fraction of sp³-hybridized carbons (Fsp3) is 0.500. The number of rotatable bonds is 1. The van der Waals surface area contributed by atoms with Crippen LogP contribution in [-0.2, 0) is 15.1 Å². The third kappa shape index (κ3) is 3.36. The van der Waals surface area contributed by atoms with Crippen molar-refractivity contribution in [2.24, 2.45) is 11.8 Å². The largest absolute Gasteiger partial charge is 0.433 e. The lowest BCUT2D eigenvalue weighted by molar-refractivity contribution is -0.271. The summed E-state index contributed by atoms with van der Waals surface area (Å²) in [4.78, 5) is 12.4. The summed E-state index contributed by atoms with van der Waals surface area (Å²) < 4.78 is 48.1. The van der Waals surface area contributed by atoms with E-state index in [-0.39, 0.29) is 22.2 Å². The molecule has 3 rings (SSSR count). The van der Waals surface area contributed by atoms with E-state index in [0.29, 0.717) is 0 Å². The Morgan fingerprint density at radius 3 is 2.60 bits per heavy atom. The number of hydrogen-bond acceptors (Lipinski definition) is 2. The Bertz CT molecular complexity index is 762. The van der Waals surface area contributed by atoms with Crippen molar-refractivity contribution in [3.63, 3.8) is 0 Å². The predicted octanol–water partition coefficient (Wildman–Crippen LogP) is 4.50. The second-order valence-corrected chi connectivity index (χ2v) is 7.12. The summed E-state index contributed by atoms with van der Waals surface area (Å²) in [6.45, 7) is 3.26. The van der Waals surface area contributed by atoms with Gasteiger partial charge in [0.15, 0.2) is 0 Å². The molecule has 1 aromatic carbocycles. The van der Waals surface area contributed by atoms with Crippen LogP contribution in [0.5, 0.6) is 0 Å². The smallest absolute Gasteiger partial charge is 0.336 e. The number of halogens is 4. The molecule has 1 aliphatic heterocycles. The first-order valence-electron chi connectivity index (χ1n) is 8.02. The van der Waals surface area contributed by atoms with Gasteiger partial charge in [0.25, 0.3) is 11.5 Å². The van der Waals surface area contributed by atoms with Crippen LogP contribution in [0.25, 0.3) is 0 Å². The molecule has 3 nitrogen and oxygen atoms in total. The van der Waals surface area contributed by atoms with E-state index in [2.05, 4.69) is 17.2 Å². The van der Waals surface area contributed by atoms with Gasteiger partial charge in [0.05, 0.1) is 0 Å². The van der Waals surface area contributed by atoms with E-state index in [1.807, 2.05) is 0 Å². The SMILES string of the molecule is CC(C)[C@@H]1O[C@](C#CC2CC2)(C(F)(F)F)c2cc(Cl)ccc2NC1=O. The van der Waals surface area contributed by atoms with Gasteiger partial charge in [0.1, 0.15) is 6.10 Å². The molecule has 134 valence electrons. The highest BCUT2D eigenvalue weighted by Crippen LogP contribution is 2.48. The zero-order chi connectivity index (χ0) is 18.4. The van der Waals surface area contributed by atoms with Crippen LogP contribution in [0.1, 0.15) is 32.3 Å². The molecule has 0 saturated heterocycles. The molecule has 1 saturated carbocycles. The van der Waals surface area contributed by atoms with E-state index < -0.39 is 29.7 Å². The van der Waals surface area contributed by atoms with Gasteiger partial charge in [-0.2, -0.15) is 13.2 Å². The lowest BCUT2D eigenvalue weighted by Gasteiger charge is -2.34. The molecule has 0 spiro atoms. The molecule has 1 amide bonds. The van der Waals surface area contributed by atoms with E-state index in [1.165, 1.54) is 12.1 Å². The van der Waals surface area contributed by atoms with Crippen LogP contribution in [0.4, 0.5) is 18.9 Å². The van der Waals surface area contributed by atoms with Crippen LogP contribution in [0.3, 0.4) is 0 Å². The number of carbonyl (C=O) groups is 1. The number of hydrogen-bond donors (Lipinski definition) is 1. The Hall–Kier alpha value is -1.71. The summed E-state index contributed by atoms with van der Waals surface area (Å²) in [5.74, 6) is 3.83. The monoisotopic (exact) mass is 371 g/mol. The Balaban J connectivity index is 2.26. The van der Waals surface area contributed by atoms with Crippen molar-refractivity contribution in [2.45, 2.75) is 44.6 Å². The number of anilines is 1. The van der Waals surface area contributed by atoms with Gasteiger partial charge in [0.2, 0.25) is 0 Å². The Kier molecular flexibility index (Phi) is 4.50. The number of ether oxygens (including phenoxy) is 1. The third-order valence-electron chi connectivity index (χ3n) is 4.22. The van der Waals surface area contributed by atoms with Gasteiger partial charge >= 0.3 is 6.18 Å². The fourth-order valence-electron chi connectivity index (χ4n) is 2.69. The van der Waals surface area contributed by atoms with E-state index in [4.69, 9.17) is 16.3 Å². The van der Waals surface area contributed by atoms with E-state index >= 15 is 0 Å². The molecule has 2 atom stereocenters. The number of fused-ring (bicyclic) bond motifs is 1. The summed E-state index contributed by atoms with van der Waals surface area (Å²) in [5, 5.41) is 2.63. The summed E-state index contributed by atoms with van der Waals surface area (Å²) in [6, 6.07) is 3.93. The van der Waals surface area contributed by atoms with E-state index in [1.54, 1.807) is 13.8 Å². The average Bonchev–Trinajstić information content (AvgIpc) is 3.32. The van der Waals surface area contributed by atoms with Gasteiger partial charge in [-0.1, -0.05) is 37.3 Å². The Morgan fingerprint density at radius 2 is 2.04 bits per heavy atom. The highest BCUT2D eigenvalue weighted by atomic mass is 35.5. The molecule has 7 heteroatoms. The molecule has 0 radical (unpaired) electrons. The lowest BCUT2D eigenvalue weighted by Crippen LogP contribution is -2.48. The quantitative estimate of drug-likeness (QED) is 0.738. The molecular weight excluding hydrogens is 355 g/mol. The highest BCUT2D eigenvalue weighted by molar-refractivity contribution is 6.30. The summed E-state index contributed by atoms with van der Waals surface area (Å²) in [7, 11) is 0. The maximum absolute atomic E-state index is 14.2. The van der Waals surface area contributed by atoms with Crippen LogP contribution in [0.15, 0.2) is 18.2 Å². The number of benzene rings is 1. The zero-order valence-electron chi connectivity index (χ0n) is 13.7. The predicted molar refractivity (Wildman–Crippen MR) is 88.0 cm³/mol. The molecule has 0 bridgehead atoms. The lowest BCUT2D eigenvalue weighted by atomic mass is 9.91. The first-order chi connectivity index (χ1) is 11.6. The van der Waals surface area contributed by atoms with Crippen LogP contribution in [0, 0.1) is 23.7 Å². The van der Waals surface area contributed by atoms with E-state index in [9.17, 15) is 18.0 Å². The minimum atomic E-state index is -4.84. The van der Waals surface area contributed by atoms with Crippen molar-refractivity contribution < 1.29 is 22.7 Å². The van der Waals surface area contributed by atoms with Gasteiger partial charge < -0.3 is 10.1 Å². The van der Waals surface area contributed by atoms with Crippen molar-refractivity contribution >= 4 is 23.2 Å². The van der Waals surface area contributed by atoms with Gasteiger partial charge in [-0.15, -0.1) is 0 Å². The van der Waals surface area contributed by atoms with Crippen molar-refractivity contribution in [2.75, 3.05) is 5.32 Å². The molecule has 1 fully saturated rings. The zero-order valence-corrected chi connectivity index (χ0v) is 14.5. The molecule has 1 heterocycles. The summed E-state index contributed by atoms with van der Waals surface area (Å²) in [5.41, 5.74) is -3.17. The van der Waals surface area contributed by atoms with Crippen LogP contribution >= 0.6 is 11.6 Å². The summed E-state index contributed by atoms with van der Waals surface area (Å²) >= 11 is 5.93. The number of nitrogens with one attached hydrogen (secondary N) is 1. The van der Waals surface area contributed by atoms with Gasteiger partial charge in [0, 0.05) is 22.2 Å². The third-order valence-corrected chi connectivity index (χ3v) is 4.45. The number of carbonyl (C=O) groups excluding carboxylic acids is 1. The molecule has 2 aliphatic rings. The second-order valence-electron chi connectivity index (χ2n) is 6.68. The minimum absolute atomic E-state index is 0.0139. The Labute approximate surface area is 148 Å². The van der Waals surface area contributed by atoms with Gasteiger partial charge in [-0.3, -0.25) is 4.79 Å². The van der Waals surface area contributed by atoms with Crippen LogP contribution in [0.2, 0.25) is 5.02 Å². The molecular formula is C18H17ClF3NO2. The first-order valence-corrected chi connectivity index (χ1v) is 8.40. The Morgan fingerprint density at radius 1 is 1.36 bits per heavy atom. The van der Waals surface area contributed by atoms with Crippen LogP contribution in [-0.4, -0.2) is 18.2 Å². The van der Waals surface area contributed by atoms with Crippen molar-refractivity contribution in [3.8, 4) is 11.8 Å². The highest BCUT2D eigenvalue weighted by Gasteiger charge is 2.61. The molecule has 0 unspecified atom stereocenters. The standard InChI is InChI=1S/C18H17ClF3NO2/c1-10(2)15-16(24)23-14-6-5-12(19)9-13(14)17(25-15,18(20,21)22)8-7-11-3-4-11/h5-6,9-11,15H,3-4H2,1-2H3,(H,23,24)/t15-,17-/m0/s1. The van der Waals surface area contributed by atoms with Gasteiger partial charge in [-0.05, 0) is 37.0 Å².